The van der Waals surface area contributed by atoms with E-state index in [4.69, 9.17) is 6.42 Å². The van der Waals surface area contributed by atoms with Gasteiger partial charge in [-0.25, -0.2) is 0 Å². The first kappa shape index (κ1) is 23.0. The van der Waals surface area contributed by atoms with Crippen LogP contribution in [0.1, 0.15) is 50.7 Å². The van der Waals surface area contributed by atoms with Gasteiger partial charge in [0.2, 0.25) is 0 Å². The van der Waals surface area contributed by atoms with E-state index in [1.54, 1.807) is 6.07 Å². The molecular formula is C19H27BrF3N. The first-order chi connectivity index (χ1) is 10.9. The van der Waals surface area contributed by atoms with Gasteiger partial charge in [0, 0.05) is 5.56 Å². The molecule has 5 heteroatoms. The number of hydrogen-bond acceptors (Lipinski definition) is 0. The molecule has 136 valence electrons. The highest BCUT2D eigenvalue weighted by Crippen LogP contribution is 2.30. The maximum absolute atomic E-state index is 12.9. The lowest BCUT2D eigenvalue weighted by Crippen LogP contribution is -3.00. The molecule has 0 saturated carbocycles. The van der Waals surface area contributed by atoms with Gasteiger partial charge in [-0.05, 0) is 30.9 Å². The molecule has 0 aromatic heterocycles. The van der Waals surface area contributed by atoms with E-state index >= 15 is 0 Å². The second-order valence-corrected chi connectivity index (χ2v) is 6.21. The highest BCUT2D eigenvalue weighted by atomic mass is 79.9. The van der Waals surface area contributed by atoms with Gasteiger partial charge < -0.3 is 21.5 Å². The Morgan fingerprint density at radius 1 is 1.08 bits per heavy atom. The van der Waals surface area contributed by atoms with Crippen molar-refractivity contribution in [2.45, 2.75) is 52.3 Å². The maximum atomic E-state index is 12.9. The minimum absolute atomic E-state index is 0. The van der Waals surface area contributed by atoms with Gasteiger partial charge in [0.25, 0.3) is 0 Å². The molecule has 1 aromatic rings. The van der Waals surface area contributed by atoms with Crippen LogP contribution >= 0.6 is 0 Å². The van der Waals surface area contributed by atoms with Gasteiger partial charge in [-0.1, -0.05) is 38.8 Å². The summed E-state index contributed by atoms with van der Waals surface area (Å²) in [5.74, 6) is 2.74. The van der Waals surface area contributed by atoms with Crippen molar-refractivity contribution in [2.75, 3.05) is 19.6 Å². The Balaban J connectivity index is 0.00000529. The summed E-state index contributed by atoms with van der Waals surface area (Å²) in [6.07, 6.45) is 5.44. The molecule has 24 heavy (non-hydrogen) atoms. The van der Waals surface area contributed by atoms with Gasteiger partial charge >= 0.3 is 6.18 Å². The molecule has 0 fully saturated rings. The van der Waals surface area contributed by atoms with Gasteiger partial charge in [0.1, 0.15) is 13.1 Å². The third-order valence-electron chi connectivity index (χ3n) is 4.17. The molecule has 0 N–H and O–H groups in total. The third-order valence-corrected chi connectivity index (χ3v) is 4.17. The SMILES string of the molecule is C#CC[N+](CCCC)(CCCC)Cc1cccc(C(F)(F)F)c1.[Br-]. The molecule has 0 heterocycles. The van der Waals surface area contributed by atoms with Gasteiger partial charge in [0.15, 0.2) is 0 Å². The van der Waals surface area contributed by atoms with Crippen LogP contribution in [0, 0.1) is 12.3 Å². The van der Waals surface area contributed by atoms with E-state index in [2.05, 4.69) is 19.8 Å². The lowest BCUT2D eigenvalue weighted by Gasteiger charge is -2.37. The molecule has 0 aliphatic carbocycles. The van der Waals surface area contributed by atoms with E-state index in [-0.39, 0.29) is 17.0 Å². The third kappa shape index (κ3) is 7.27. The quantitative estimate of drug-likeness (QED) is 0.436. The van der Waals surface area contributed by atoms with Crippen molar-refractivity contribution in [3.05, 3.63) is 35.4 Å². The number of quaternary nitrogens is 1. The predicted octanol–water partition coefficient (Wildman–Crippen LogP) is 2.26. The maximum Gasteiger partial charge on any atom is 0.416 e. The topological polar surface area (TPSA) is 0 Å². The number of rotatable bonds is 9. The molecule has 0 amide bonds. The van der Waals surface area contributed by atoms with Crippen molar-refractivity contribution in [3.8, 4) is 12.3 Å². The zero-order valence-corrected chi connectivity index (χ0v) is 16.1. The Kier molecular flexibility index (Phi) is 10.3. The number of hydrogen-bond donors (Lipinski definition) is 0. The number of unbranched alkanes of at least 4 members (excludes halogenated alkanes) is 2. The number of alkyl halides is 3. The molecule has 1 rings (SSSR count). The highest BCUT2D eigenvalue weighted by molar-refractivity contribution is 5.25. The van der Waals surface area contributed by atoms with Crippen LogP contribution in [0.25, 0.3) is 0 Å². The van der Waals surface area contributed by atoms with Crippen molar-refractivity contribution >= 4 is 0 Å². The van der Waals surface area contributed by atoms with E-state index < -0.39 is 11.7 Å². The van der Waals surface area contributed by atoms with Crippen molar-refractivity contribution in [1.82, 2.24) is 0 Å². The molecular weight excluding hydrogens is 379 g/mol. The van der Waals surface area contributed by atoms with Crippen LogP contribution in [0.3, 0.4) is 0 Å². The van der Waals surface area contributed by atoms with Gasteiger partial charge in [-0.3, -0.25) is 0 Å². The van der Waals surface area contributed by atoms with Gasteiger partial charge in [-0.2, -0.15) is 13.2 Å². The average Bonchev–Trinajstić information content (AvgIpc) is 2.50. The summed E-state index contributed by atoms with van der Waals surface area (Å²) in [5.41, 5.74) is 0.127. The van der Waals surface area contributed by atoms with Gasteiger partial charge in [0.05, 0.1) is 18.7 Å². The molecule has 0 spiro atoms. The fraction of sp³-hybridized carbons (Fsp3) is 0.579. The van der Waals surface area contributed by atoms with Crippen LogP contribution in [-0.2, 0) is 12.7 Å². The van der Waals surface area contributed by atoms with Crippen molar-refractivity contribution in [1.29, 1.82) is 0 Å². The zero-order valence-electron chi connectivity index (χ0n) is 14.5. The summed E-state index contributed by atoms with van der Waals surface area (Å²) in [7, 11) is 0. The zero-order chi connectivity index (χ0) is 17.3. The number of nitrogens with zero attached hydrogens (tertiary/aromatic N) is 1. The van der Waals surface area contributed by atoms with Crippen LogP contribution in [-0.4, -0.2) is 24.1 Å². The number of terminal acetylenes is 1. The average molecular weight is 406 g/mol. The second-order valence-electron chi connectivity index (χ2n) is 6.21. The Hall–Kier alpha value is -0.990. The smallest absolute Gasteiger partial charge is 0.416 e. The Morgan fingerprint density at radius 2 is 1.67 bits per heavy atom. The van der Waals surface area contributed by atoms with Crippen molar-refractivity contribution in [2.24, 2.45) is 0 Å². The fourth-order valence-corrected chi connectivity index (χ4v) is 2.90. The van der Waals surface area contributed by atoms with Crippen LogP contribution in [0.4, 0.5) is 13.2 Å². The first-order valence-electron chi connectivity index (χ1n) is 8.31. The summed E-state index contributed by atoms with van der Waals surface area (Å²) in [6.45, 7) is 7.20. The molecule has 0 aliphatic heterocycles. The minimum atomic E-state index is -4.30. The molecule has 0 unspecified atom stereocenters. The molecule has 0 saturated heterocycles. The Bertz CT molecular complexity index is 512. The predicted molar refractivity (Wildman–Crippen MR) is 88.7 cm³/mol. The lowest BCUT2D eigenvalue weighted by atomic mass is 10.1. The van der Waals surface area contributed by atoms with Crippen LogP contribution in [0.15, 0.2) is 24.3 Å². The van der Waals surface area contributed by atoms with E-state index in [0.717, 1.165) is 44.8 Å². The van der Waals surface area contributed by atoms with Crippen LogP contribution in [0.5, 0.6) is 0 Å². The molecule has 0 bridgehead atoms. The second kappa shape index (κ2) is 10.8. The summed E-state index contributed by atoms with van der Waals surface area (Å²) < 4.78 is 39.4. The van der Waals surface area contributed by atoms with E-state index in [1.807, 2.05) is 0 Å². The Morgan fingerprint density at radius 3 is 2.12 bits per heavy atom. The summed E-state index contributed by atoms with van der Waals surface area (Å²) in [6, 6.07) is 5.65. The summed E-state index contributed by atoms with van der Waals surface area (Å²) in [4.78, 5) is 0. The first-order valence-corrected chi connectivity index (χ1v) is 8.31. The number of benzene rings is 1. The standard InChI is InChI=1S/C19H27F3N.BrH/c1-4-7-13-23(12-6-3,14-8-5-2)16-17-10-9-11-18(15-17)19(20,21)22;/h3,9-11,15H,4-5,7-8,12-14,16H2,1-2H3;1H/q+1;/p-1. The van der Waals surface area contributed by atoms with Crippen molar-refractivity contribution in [3.63, 3.8) is 0 Å². The molecule has 0 atom stereocenters. The number of halogens is 4. The fourth-order valence-electron chi connectivity index (χ4n) is 2.90. The monoisotopic (exact) mass is 405 g/mol. The molecule has 1 aromatic carbocycles. The van der Waals surface area contributed by atoms with Crippen LogP contribution in [0.2, 0.25) is 0 Å². The molecule has 1 nitrogen and oxygen atoms in total. The highest BCUT2D eigenvalue weighted by Gasteiger charge is 2.32. The largest absolute Gasteiger partial charge is 1.00 e. The van der Waals surface area contributed by atoms with E-state index in [0.29, 0.717) is 23.1 Å². The normalized spacial score (nSPS) is 11.7. The minimum Gasteiger partial charge on any atom is -1.00 e. The van der Waals surface area contributed by atoms with Gasteiger partial charge in [-0.15, -0.1) is 6.42 Å². The molecule has 0 radical (unpaired) electrons. The lowest BCUT2D eigenvalue weighted by molar-refractivity contribution is -0.934. The summed E-state index contributed by atoms with van der Waals surface area (Å²) >= 11 is 0. The van der Waals surface area contributed by atoms with E-state index in [1.165, 1.54) is 12.1 Å². The van der Waals surface area contributed by atoms with Crippen molar-refractivity contribution < 1.29 is 34.6 Å². The van der Waals surface area contributed by atoms with Crippen LogP contribution < -0.4 is 17.0 Å². The van der Waals surface area contributed by atoms with E-state index in [9.17, 15) is 13.2 Å². The molecule has 0 aliphatic rings. The Labute approximate surface area is 154 Å². The summed E-state index contributed by atoms with van der Waals surface area (Å²) in [5, 5.41) is 0.